The molecule has 1 aliphatic carbocycles. The second-order valence-electron chi connectivity index (χ2n) is 8.48. The van der Waals surface area contributed by atoms with Gasteiger partial charge in [-0.05, 0) is 50.8 Å². The molecule has 3 atom stereocenters. The standard InChI is InChI=1S/C20H20ClN5O4/c1-19(5-2-8-29-19)26-13-9-11(21)3-4-12(13)25-10-22-14(15(25)17(26)27)16-23-18(24-30-16)20(28)6-7-20/h3-4,9-10,14-15,28H,2,5-8H2,1H3. The van der Waals surface area contributed by atoms with Gasteiger partial charge in [-0.1, -0.05) is 16.8 Å². The van der Waals surface area contributed by atoms with Crippen molar-refractivity contribution in [1.29, 1.82) is 0 Å². The van der Waals surface area contributed by atoms with Crippen LogP contribution in [0.15, 0.2) is 27.7 Å². The molecule has 156 valence electrons. The van der Waals surface area contributed by atoms with Gasteiger partial charge in [0, 0.05) is 11.6 Å². The zero-order valence-electron chi connectivity index (χ0n) is 16.3. The summed E-state index contributed by atoms with van der Waals surface area (Å²) >= 11 is 6.27. The second-order valence-corrected chi connectivity index (χ2v) is 8.92. The first-order chi connectivity index (χ1) is 14.4. The molecule has 6 rings (SSSR count). The molecule has 3 aliphatic heterocycles. The molecular formula is C20H20ClN5O4. The van der Waals surface area contributed by atoms with Gasteiger partial charge in [-0.3, -0.25) is 14.7 Å². The Kier molecular flexibility index (Phi) is 3.67. The average Bonchev–Trinajstić information content (AvgIpc) is 3.15. The van der Waals surface area contributed by atoms with E-state index in [1.165, 1.54) is 0 Å². The van der Waals surface area contributed by atoms with Gasteiger partial charge in [0.05, 0.1) is 17.7 Å². The SMILES string of the molecule is CC1(N2C(=O)C3C(c4nc(C5(O)CC5)no4)N=CN3c3ccc(Cl)cc32)CCCO1. The summed E-state index contributed by atoms with van der Waals surface area (Å²) in [5.41, 5.74) is -0.272. The third-order valence-electron chi connectivity index (χ3n) is 6.39. The molecule has 1 saturated heterocycles. The normalized spacial score (nSPS) is 31.2. The van der Waals surface area contributed by atoms with Crippen molar-refractivity contribution in [2.75, 3.05) is 16.4 Å². The van der Waals surface area contributed by atoms with Crippen molar-refractivity contribution < 1.29 is 19.2 Å². The van der Waals surface area contributed by atoms with Crippen molar-refractivity contribution in [3.8, 4) is 0 Å². The van der Waals surface area contributed by atoms with Gasteiger partial charge < -0.3 is 19.3 Å². The summed E-state index contributed by atoms with van der Waals surface area (Å²) in [4.78, 5) is 26.2. The number of benzene rings is 1. The van der Waals surface area contributed by atoms with Crippen molar-refractivity contribution in [2.24, 2.45) is 4.99 Å². The topological polar surface area (TPSA) is 104 Å². The van der Waals surface area contributed by atoms with Crippen LogP contribution in [0.2, 0.25) is 5.02 Å². The van der Waals surface area contributed by atoms with Gasteiger partial charge in [-0.25, -0.2) is 0 Å². The number of rotatable bonds is 3. The van der Waals surface area contributed by atoms with Gasteiger partial charge in [0.15, 0.2) is 6.04 Å². The summed E-state index contributed by atoms with van der Waals surface area (Å²) in [7, 11) is 0. The van der Waals surface area contributed by atoms with Crippen LogP contribution in [0.3, 0.4) is 0 Å². The molecule has 3 unspecified atom stereocenters. The molecule has 1 saturated carbocycles. The Bertz CT molecular complexity index is 1070. The molecule has 0 radical (unpaired) electrons. The van der Waals surface area contributed by atoms with E-state index in [0.29, 0.717) is 30.2 Å². The largest absolute Gasteiger partial charge is 0.382 e. The molecule has 1 aromatic carbocycles. The highest BCUT2D eigenvalue weighted by molar-refractivity contribution is 6.31. The van der Waals surface area contributed by atoms with E-state index in [1.807, 2.05) is 17.9 Å². The monoisotopic (exact) mass is 429 g/mol. The van der Waals surface area contributed by atoms with Crippen molar-refractivity contribution >= 4 is 35.2 Å². The first-order valence-corrected chi connectivity index (χ1v) is 10.4. The highest BCUT2D eigenvalue weighted by atomic mass is 35.5. The van der Waals surface area contributed by atoms with Gasteiger partial charge in [-0.15, -0.1) is 0 Å². The Morgan fingerprint density at radius 3 is 2.83 bits per heavy atom. The third kappa shape index (κ3) is 2.49. The number of aliphatic hydroxyl groups is 1. The summed E-state index contributed by atoms with van der Waals surface area (Å²) in [5.74, 6) is 0.309. The number of halogens is 1. The summed E-state index contributed by atoms with van der Waals surface area (Å²) in [6.07, 6.45) is 4.43. The molecule has 1 N–H and O–H groups in total. The molecule has 0 bridgehead atoms. The fourth-order valence-corrected chi connectivity index (χ4v) is 4.74. The molecular weight excluding hydrogens is 410 g/mol. The Labute approximate surface area is 177 Å². The predicted molar refractivity (Wildman–Crippen MR) is 107 cm³/mol. The van der Waals surface area contributed by atoms with Gasteiger partial charge in [0.2, 0.25) is 5.82 Å². The minimum absolute atomic E-state index is 0.165. The lowest BCUT2D eigenvalue weighted by Crippen LogP contribution is -2.60. The maximum Gasteiger partial charge on any atom is 0.255 e. The first-order valence-electron chi connectivity index (χ1n) is 10.1. The van der Waals surface area contributed by atoms with E-state index in [0.717, 1.165) is 18.5 Å². The van der Waals surface area contributed by atoms with E-state index in [2.05, 4.69) is 15.1 Å². The predicted octanol–water partition coefficient (Wildman–Crippen LogP) is 2.54. The number of aromatic nitrogens is 2. The van der Waals surface area contributed by atoms with Crippen molar-refractivity contribution in [1.82, 2.24) is 10.1 Å². The van der Waals surface area contributed by atoms with Crippen LogP contribution >= 0.6 is 11.6 Å². The van der Waals surface area contributed by atoms with E-state index in [9.17, 15) is 9.90 Å². The molecule has 4 aliphatic rings. The lowest BCUT2D eigenvalue weighted by atomic mass is 9.97. The maximum atomic E-state index is 13.8. The Morgan fingerprint density at radius 2 is 2.10 bits per heavy atom. The van der Waals surface area contributed by atoms with Crippen LogP contribution in [0, 0.1) is 0 Å². The van der Waals surface area contributed by atoms with Crippen molar-refractivity contribution in [2.45, 2.75) is 56.0 Å². The Hall–Kier alpha value is -2.49. The highest BCUT2D eigenvalue weighted by Gasteiger charge is 2.54. The van der Waals surface area contributed by atoms with Crippen LogP contribution in [0.4, 0.5) is 11.4 Å². The van der Waals surface area contributed by atoms with Crippen LogP contribution in [-0.4, -0.2) is 45.9 Å². The third-order valence-corrected chi connectivity index (χ3v) is 6.62. The number of amides is 1. The fraction of sp³-hybridized carbons (Fsp3) is 0.500. The molecule has 2 aromatic rings. The van der Waals surface area contributed by atoms with Gasteiger partial charge in [0.25, 0.3) is 11.8 Å². The Morgan fingerprint density at radius 1 is 1.27 bits per heavy atom. The minimum Gasteiger partial charge on any atom is -0.382 e. The van der Waals surface area contributed by atoms with Gasteiger partial charge in [0.1, 0.15) is 17.4 Å². The van der Waals surface area contributed by atoms with Crippen LogP contribution in [0.25, 0.3) is 0 Å². The van der Waals surface area contributed by atoms with Gasteiger partial charge >= 0.3 is 0 Å². The summed E-state index contributed by atoms with van der Waals surface area (Å²) in [6, 6.07) is 4.10. The lowest BCUT2D eigenvalue weighted by Gasteiger charge is -2.45. The lowest BCUT2D eigenvalue weighted by molar-refractivity contribution is -0.125. The first kappa shape index (κ1) is 18.3. The summed E-state index contributed by atoms with van der Waals surface area (Å²) in [5, 5.41) is 14.7. The number of carbonyl (C=O) groups is 1. The van der Waals surface area contributed by atoms with Gasteiger partial charge in [-0.2, -0.15) is 4.98 Å². The van der Waals surface area contributed by atoms with E-state index in [1.54, 1.807) is 23.4 Å². The maximum absolute atomic E-state index is 13.8. The number of hydrogen-bond acceptors (Lipinski definition) is 8. The fourth-order valence-electron chi connectivity index (χ4n) is 4.57. The highest BCUT2D eigenvalue weighted by Crippen LogP contribution is 2.48. The molecule has 1 amide bonds. The van der Waals surface area contributed by atoms with Crippen LogP contribution < -0.4 is 9.80 Å². The van der Waals surface area contributed by atoms with Crippen LogP contribution in [-0.2, 0) is 15.1 Å². The molecule has 1 aromatic heterocycles. The number of hydrogen-bond donors (Lipinski definition) is 1. The molecule has 9 nitrogen and oxygen atoms in total. The number of ether oxygens (including phenoxy) is 1. The second kappa shape index (κ2) is 6.03. The molecule has 4 heterocycles. The Balaban J connectivity index is 1.44. The van der Waals surface area contributed by atoms with Crippen molar-refractivity contribution in [3.63, 3.8) is 0 Å². The summed E-state index contributed by atoms with van der Waals surface area (Å²) < 4.78 is 11.4. The quantitative estimate of drug-likeness (QED) is 0.799. The molecule has 0 spiro atoms. The average molecular weight is 430 g/mol. The summed E-state index contributed by atoms with van der Waals surface area (Å²) in [6.45, 7) is 2.52. The smallest absolute Gasteiger partial charge is 0.255 e. The van der Waals surface area contributed by atoms with E-state index in [-0.39, 0.29) is 17.6 Å². The molecule has 10 heteroatoms. The van der Waals surface area contributed by atoms with E-state index in [4.69, 9.17) is 20.9 Å². The van der Waals surface area contributed by atoms with Crippen LogP contribution in [0.5, 0.6) is 0 Å². The van der Waals surface area contributed by atoms with E-state index < -0.39 is 23.4 Å². The molecule has 2 fully saturated rings. The van der Waals surface area contributed by atoms with Crippen LogP contribution in [0.1, 0.15) is 50.4 Å². The number of fused-ring (bicyclic) bond motifs is 3. The minimum atomic E-state index is -1.01. The van der Waals surface area contributed by atoms with E-state index >= 15 is 0 Å². The number of anilines is 2. The number of aliphatic imine (C=N–C) groups is 1. The zero-order chi connectivity index (χ0) is 20.7. The zero-order valence-corrected chi connectivity index (χ0v) is 17.0. The molecule has 30 heavy (non-hydrogen) atoms. The van der Waals surface area contributed by atoms with Crippen molar-refractivity contribution in [3.05, 3.63) is 34.9 Å². The number of carbonyl (C=O) groups excluding carboxylic acids is 1. The number of nitrogens with zero attached hydrogens (tertiary/aromatic N) is 5.